The van der Waals surface area contributed by atoms with Gasteiger partial charge in [0, 0.05) is 25.7 Å². The van der Waals surface area contributed by atoms with Crippen molar-refractivity contribution < 1.29 is 4.79 Å². The Labute approximate surface area is 150 Å². The molecule has 3 fully saturated rings. The Morgan fingerprint density at radius 3 is 2.80 bits per heavy atom. The lowest BCUT2D eigenvalue weighted by atomic mass is 10.1. The minimum Gasteiger partial charge on any atom is -0.324 e. The fraction of sp³-hybridized carbons (Fsp3) is 0.789. The first-order chi connectivity index (χ1) is 12.2. The van der Waals surface area contributed by atoms with Gasteiger partial charge in [0.15, 0.2) is 0 Å². The number of carbonyl (C=O) groups excluding carboxylic acids is 1. The zero-order valence-corrected chi connectivity index (χ0v) is 15.4. The maximum Gasteiger partial charge on any atom is 0.323 e. The van der Waals surface area contributed by atoms with Gasteiger partial charge in [0.2, 0.25) is 0 Å². The average molecular weight is 345 g/mol. The van der Waals surface area contributed by atoms with Crippen LogP contribution in [-0.4, -0.2) is 58.3 Å². The zero-order valence-electron chi connectivity index (χ0n) is 15.4. The van der Waals surface area contributed by atoms with E-state index < -0.39 is 0 Å². The molecule has 4 rings (SSSR count). The molecule has 25 heavy (non-hydrogen) atoms. The van der Waals surface area contributed by atoms with Crippen molar-refractivity contribution in [1.82, 2.24) is 19.6 Å². The molecular weight excluding hydrogens is 314 g/mol. The van der Waals surface area contributed by atoms with E-state index in [4.69, 9.17) is 0 Å². The quantitative estimate of drug-likeness (QED) is 0.892. The van der Waals surface area contributed by atoms with Gasteiger partial charge < -0.3 is 9.80 Å². The number of carbonyl (C=O) groups is 1. The van der Waals surface area contributed by atoms with E-state index >= 15 is 0 Å². The highest BCUT2D eigenvalue weighted by Gasteiger charge is 2.32. The number of nitrogens with zero attached hydrogens (tertiary/aromatic N) is 4. The first kappa shape index (κ1) is 16.9. The van der Waals surface area contributed by atoms with E-state index in [1.165, 1.54) is 45.2 Å². The summed E-state index contributed by atoms with van der Waals surface area (Å²) in [6.07, 6.45) is 9.51. The van der Waals surface area contributed by atoms with E-state index in [9.17, 15) is 4.79 Å². The molecule has 1 saturated carbocycles. The molecular formula is C19H31N5O. The lowest BCUT2D eigenvalue weighted by Crippen LogP contribution is -2.37. The number of hydrogen-bond acceptors (Lipinski definition) is 3. The van der Waals surface area contributed by atoms with Crippen LogP contribution in [0.2, 0.25) is 0 Å². The van der Waals surface area contributed by atoms with Crippen molar-refractivity contribution in [3.8, 4) is 0 Å². The summed E-state index contributed by atoms with van der Waals surface area (Å²) in [4.78, 5) is 17.2. The number of urea groups is 1. The molecule has 0 aromatic carbocycles. The molecule has 0 bridgehead atoms. The molecule has 2 atom stereocenters. The number of nitrogens with one attached hydrogen (secondary N) is 1. The van der Waals surface area contributed by atoms with Crippen LogP contribution in [0.3, 0.4) is 0 Å². The number of hydrogen-bond donors (Lipinski definition) is 1. The van der Waals surface area contributed by atoms with E-state index in [0.29, 0.717) is 12.0 Å². The van der Waals surface area contributed by atoms with Crippen LogP contribution >= 0.6 is 0 Å². The molecule has 3 heterocycles. The van der Waals surface area contributed by atoms with E-state index in [0.717, 1.165) is 37.8 Å². The average Bonchev–Trinajstić information content (AvgIpc) is 3.20. The van der Waals surface area contributed by atoms with Crippen molar-refractivity contribution in [2.24, 2.45) is 11.8 Å². The third-order valence-electron chi connectivity index (χ3n) is 6.13. The van der Waals surface area contributed by atoms with Gasteiger partial charge in [-0.2, -0.15) is 5.10 Å². The maximum atomic E-state index is 12.7. The van der Waals surface area contributed by atoms with Gasteiger partial charge in [0.05, 0.1) is 12.2 Å². The highest BCUT2D eigenvalue weighted by Crippen LogP contribution is 2.40. The number of likely N-dealkylation sites (tertiary alicyclic amines) is 2. The SMILES string of the molecule is C[C@@H](C1CC1)n1nccc1NC(=O)N1CC[C@@H](CN2CCCCC2)C1. The number of aromatic nitrogens is 2. The molecule has 2 amide bonds. The van der Waals surface area contributed by atoms with E-state index in [1.807, 2.05) is 15.6 Å². The topological polar surface area (TPSA) is 53.4 Å². The van der Waals surface area contributed by atoms with Crippen LogP contribution in [0.5, 0.6) is 0 Å². The van der Waals surface area contributed by atoms with Crippen LogP contribution < -0.4 is 5.32 Å². The van der Waals surface area contributed by atoms with Crippen molar-refractivity contribution >= 4 is 11.8 Å². The van der Waals surface area contributed by atoms with E-state index in [2.05, 4.69) is 22.2 Å². The number of piperidine rings is 1. The minimum absolute atomic E-state index is 0.0332. The third kappa shape index (κ3) is 4.00. The maximum absolute atomic E-state index is 12.7. The molecule has 0 radical (unpaired) electrons. The number of rotatable bonds is 5. The Morgan fingerprint density at radius 1 is 1.24 bits per heavy atom. The molecule has 138 valence electrons. The Kier molecular flexibility index (Phi) is 4.97. The van der Waals surface area contributed by atoms with Gasteiger partial charge in [0.25, 0.3) is 0 Å². The second kappa shape index (κ2) is 7.36. The smallest absolute Gasteiger partial charge is 0.323 e. The number of anilines is 1. The van der Waals surface area contributed by atoms with Gasteiger partial charge in [-0.15, -0.1) is 0 Å². The molecule has 2 saturated heterocycles. The molecule has 3 aliphatic rings. The van der Waals surface area contributed by atoms with Crippen molar-refractivity contribution in [2.75, 3.05) is 38.0 Å². The largest absolute Gasteiger partial charge is 0.324 e. The molecule has 6 heteroatoms. The first-order valence-electron chi connectivity index (χ1n) is 10.0. The Hall–Kier alpha value is -1.56. The van der Waals surface area contributed by atoms with Crippen LogP contribution in [0.15, 0.2) is 12.3 Å². The van der Waals surface area contributed by atoms with Crippen LogP contribution in [-0.2, 0) is 0 Å². The van der Waals surface area contributed by atoms with E-state index in [1.54, 1.807) is 6.20 Å². The molecule has 0 spiro atoms. The molecule has 2 aliphatic heterocycles. The summed E-state index contributed by atoms with van der Waals surface area (Å²) in [5, 5.41) is 7.52. The van der Waals surface area contributed by atoms with Crippen molar-refractivity contribution in [1.29, 1.82) is 0 Å². The van der Waals surface area contributed by atoms with Crippen LogP contribution in [0.4, 0.5) is 10.6 Å². The molecule has 1 aromatic heterocycles. The van der Waals surface area contributed by atoms with Crippen LogP contribution in [0, 0.1) is 11.8 Å². The second-order valence-corrected chi connectivity index (χ2v) is 8.13. The first-order valence-corrected chi connectivity index (χ1v) is 10.0. The molecule has 1 aliphatic carbocycles. The summed E-state index contributed by atoms with van der Waals surface area (Å²) in [6.45, 7) is 7.58. The Balaban J connectivity index is 1.29. The van der Waals surface area contributed by atoms with Gasteiger partial charge in [-0.25, -0.2) is 9.48 Å². The van der Waals surface area contributed by atoms with Gasteiger partial charge in [-0.05, 0) is 64.0 Å². The van der Waals surface area contributed by atoms with Gasteiger partial charge in [-0.3, -0.25) is 5.32 Å². The van der Waals surface area contributed by atoms with Crippen molar-refractivity contribution in [3.05, 3.63) is 12.3 Å². The highest BCUT2D eigenvalue weighted by atomic mass is 16.2. The monoisotopic (exact) mass is 345 g/mol. The lowest BCUT2D eigenvalue weighted by Gasteiger charge is -2.29. The summed E-state index contributed by atoms with van der Waals surface area (Å²) in [5.74, 6) is 2.18. The van der Waals surface area contributed by atoms with Crippen LogP contribution in [0.25, 0.3) is 0 Å². The molecule has 1 N–H and O–H groups in total. The zero-order chi connectivity index (χ0) is 17.2. The van der Waals surface area contributed by atoms with Gasteiger partial charge in [0.1, 0.15) is 5.82 Å². The van der Waals surface area contributed by atoms with Gasteiger partial charge in [-0.1, -0.05) is 6.42 Å². The highest BCUT2D eigenvalue weighted by molar-refractivity contribution is 5.88. The van der Waals surface area contributed by atoms with Crippen molar-refractivity contribution in [3.63, 3.8) is 0 Å². The minimum atomic E-state index is 0.0332. The predicted molar refractivity (Wildman–Crippen MR) is 98.7 cm³/mol. The van der Waals surface area contributed by atoms with Crippen molar-refractivity contribution in [2.45, 2.75) is 51.5 Å². The fourth-order valence-corrected chi connectivity index (χ4v) is 4.38. The summed E-state index contributed by atoms with van der Waals surface area (Å²) in [5.41, 5.74) is 0. The summed E-state index contributed by atoms with van der Waals surface area (Å²) in [7, 11) is 0. The molecule has 6 nitrogen and oxygen atoms in total. The summed E-state index contributed by atoms with van der Waals surface area (Å²) >= 11 is 0. The standard InChI is InChI=1S/C19H31N5O/c1-15(17-5-6-17)24-18(7-9-20-24)21-19(25)23-12-8-16(14-23)13-22-10-3-2-4-11-22/h7,9,15-17H,2-6,8,10-14H2,1H3,(H,21,25)/t15-,16-/m0/s1. The lowest BCUT2D eigenvalue weighted by molar-refractivity contribution is 0.192. The normalized spacial score (nSPS) is 26.0. The van der Waals surface area contributed by atoms with Gasteiger partial charge >= 0.3 is 6.03 Å². The Bertz CT molecular complexity index is 590. The molecule has 0 unspecified atom stereocenters. The predicted octanol–water partition coefficient (Wildman–Crippen LogP) is 3.19. The summed E-state index contributed by atoms with van der Waals surface area (Å²) < 4.78 is 1.98. The van der Waals surface area contributed by atoms with Crippen LogP contribution in [0.1, 0.15) is 51.5 Å². The second-order valence-electron chi connectivity index (χ2n) is 8.13. The van der Waals surface area contributed by atoms with E-state index in [-0.39, 0.29) is 6.03 Å². The Morgan fingerprint density at radius 2 is 2.04 bits per heavy atom. The summed E-state index contributed by atoms with van der Waals surface area (Å²) in [6, 6.07) is 2.32. The molecule has 1 aromatic rings. The third-order valence-corrected chi connectivity index (χ3v) is 6.13. The number of amides is 2. The fourth-order valence-electron chi connectivity index (χ4n) is 4.38.